The molecule has 2 aromatic carbocycles. The molecule has 11 heteroatoms. The summed E-state index contributed by atoms with van der Waals surface area (Å²) in [6.07, 6.45) is 1.48. The molecule has 2 fully saturated rings. The van der Waals surface area contributed by atoms with Crippen LogP contribution in [0.4, 0.5) is 0 Å². The fourth-order valence-corrected chi connectivity index (χ4v) is 5.27. The Hall–Kier alpha value is -3.22. The van der Waals surface area contributed by atoms with Crippen LogP contribution in [0.1, 0.15) is 24.0 Å². The van der Waals surface area contributed by atoms with Crippen LogP contribution in [-0.4, -0.2) is 68.1 Å². The molecule has 0 aliphatic carbocycles. The number of pyridine rings is 2. The second kappa shape index (κ2) is 16.0. The number of aryl methyl sites for hydroxylation is 3. The van der Waals surface area contributed by atoms with Crippen molar-refractivity contribution in [2.24, 2.45) is 0 Å². The van der Waals surface area contributed by atoms with Gasteiger partial charge < -0.3 is 38.0 Å². The molecule has 10 nitrogen and oxygen atoms in total. The van der Waals surface area contributed by atoms with Gasteiger partial charge in [0.05, 0.1) is 51.7 Å². The van der Waals surface area contributed by atoms with Crippen LogP contribution in [0.15, 0.2) is 58.1 Å². The molecule has 2 saturated heterocycles. The third-order valence-electron chi connectivity index (χ3n) is 7.10. The number of rotatable bonds is 7. The Kier molecular flexibility index (Phi) is 12.2. The van der Waals surface area contributed by atoms with Gasteiger partial charge in [-0.1, -0.05) is 15.9 Å². The lowest BCUT2D eigenvalue weighted by atomic mass is 10.1. The highest BCUT2D eigenvalue weighted by atomic mass is 79.9. The molecule has 2 aliphatic rings. The number of alkyl halides is 1. The van der Waals surface area contributed by atoms with Gasteiger partial charge in [-0.3, -0.25) is 9.59 Å². The fourth-order valence-electron chi connectivity index (χ4n) is 4.90. The summed E-state index contributed by atoms with van der Waals surface area (Å²) in [4.78, 5) is 26.3. The first kappa shape index (κ1) is 32.7. The molecule has 0 spiro atoms. The zero-order valence-electron chi connectivity index (χ0n) is 25.0. The maximum atomic E-state index is 12.3. The Balaban J connectivity index is 0.000000165. The SMILES string of the molecule is BrCCC1OCCO1.COc1ccc2c(C)cc(=O)[nH]c2c1.COc1ccc2c(C)cc(=O)n(CCC3OCCO3)c2c1. The second-order valence-corrected chi connectivity index (χ2v) is 10.8. The molecular weight excluding hydrogens is 620 g/mol. The monoisotopic (exact) mass is 658 g/mol. The van der Waals surface area contributed by atoms with Gasteiger partial charge in [-0.2, -0.15) is 0 Å². The summed E-state index contributed by atoms with van der Waals surface area (Å²) in [5.74, 6) is 1.49. The third kappa shape index (κ3) is 8.90. The van der Waals surface area contributed by atoms with Gasteiger partial charge in [-0.25, -0.2) is 0 Å². The van der Waals surface area contributed by atoms with Crippen LogP contribution in [0.5, 0.6) is 11.5 Å². The van der Waals surface area contributed by atoms with Crippen LogP contribution in [0.2, 0.25) is 0 Å². The molecule has 0 atom stereocenters. The molecule has 43 heavy (non-hydrogen) atoms. The number of aromatic amines is 1. The lowest BCUT2D eigenvalue weighted by Crippen LogP contribution is -2.23. The average molecular weight is 660 g/mol. The Labute approximate surface area is 258 Å². The second-order valence-electron chi connectivity index (χ2n) is 10.0. The van der Waals surface area contributed by atoms with Gasteiger partial charge in [0.25, 0.3) is 5.56 Å². The van der Waals surface area contributed by atoms with Crippen molar-refractivity contribution in [3.63, 3.8) is 0 Å². The Morgan fingerprint density at radius 1 is 0.791 bits per heavy atom. The maximum absolute atomic E-state index is 12.3. The van der Waals surface area contributed by atoms with Crippen LogP contribution in [0.25, 0.3) is 21.8 Å². The van der Waals surface area contributed by atoms with Crippen molar-refractivity contribution in [2.45, 2.75) is 45.8 Å². The van der Waals surface area contributed by atoms with Crippen LogP contribution < -0.4 is 20.6 Å². The minimum atomic E-state index is -0.209. The first-order valence-electron chi connectivity index (χ1n) is 14.2. The molecule has 0 saturated carbocycles. The van der Waals surface area contributed by atoms with E-state index in [0.717, 1.165) is 69.4 Å². The zero-order chi connectivity index (χ0) is 30.8. The van der Waals surface area contributed by atoms with E-state index in [-0.39, 0.29) is 23.7 Å². The highest BCUT2D eigenvalue weighted by Crippen LogP contribution is 2.23. The van der Waals surface area contributed by atoms with E-state index in [4.69, 9.17) is 28.4 Å². The molecule has 0 bridgehead atoms. The lowest BCUT2D eigenvalue weighted by Gasteiger charge is -2.15. The molecular formula is C32H39BrN2O8. The van der Waals surface area contributed by atoms with Crippen molar-refractivity contribution in [2.75, 3.05) is 46.0 Å². The quantitative estimate of drug-likeness (QED) is 0.274. The Morgan fingerprint density at radius 2 is 1.35 bits per heavy atom. The summed E-state index contributed by atoms with van der Waals surface area (Å²) < 4.78 is 33.3. The van der Waals surface area contributed by atoms with Crippen LogP contribution in [0.3, 0.4) is 0 Å². The molecule has 2 aliphatic heterocycles. The standard InChI is InChI=1S/C16H19NO4.C11H11NO2.C5H9BrO2/c1-11-9-15(18)17(6-5-16-20-7-8-21-16)14-10-12(19-2)3-4-13(11)14;1-7-5-11(13)12-10-6-8(14-2)3-4-9(7)10;6-2-1-5-7-3-4-8-5/h3-4,9-10,16H,5-8H2,1-2H3;3-6H,1-2H3,(H,12,13);5H,1-4H2. The number of H-pyrrole nitrogens is 1. The first-order valence-corrected chi connectivity index (χ1v) is 15.3. The van der Waals surface area contributed by atoms with E-state index in [1.807, 2.05) is 50.2 Å². The maximum Gasteiger partial charge on any atom is 0.251 e. The molecule has 6 rings (SSSR count). The van der Waals surface area contributed by atoms with E-state index >= 15 is 0 Å². The van der Waals surface area contributed by atoms with E-state index in [2.05, 4.69) is 20.9 Å². The van der Waals surface area contributed by atoms with E-state index in [9.17, 15) is 9.59 Å². The third-order valence-corrected chi connectivity index (χ3v) is 7.56. The summed E-state index contributed by atoms with van der Waals surface area (Å²) in [6, 6.07) is 14.7. The van der Waals surface area contributed by atoms with E-state index in [1.54, 1.807) is 30.9 Å². The molecule has 2 aromatic heterocycles. The number of nitrogens with one attached hydrogen (secondary N) is 1. The van der Waals surface area contributed by atoms with Crippen molar-refractivity contribution in [3.05, 3.63) is 80.4 Å². The zero-order valence-corrected chi connectivity index (χ0v) is 26.6. The van der Waals surface area contributed by atoms with Gasteiger partial charge in [-0.05, 0) is 49.2 Å². The smallest absolute Gasteiger partial charge is 0.251 e. The molecule has 0 amide bonds. The highest BCUT2D eigenvalue weighted by Gasteiger charge is 2.17. The van der Waals surface area contributed by atoms with E-state index < -0.39 is 0 Å². The summed E-state index contributed by atoms with van der Waals surface area (Å²) in [5.41, 5.74) is 3.56. The Morgan fingerprint density at radius 3 is 1.95 bits per heavy atom. The van der Waals surface area contributed by atoms with Crippen molar-refractivity contribution in [1.82, 2.24) is 9.55 Å². The predicted molar refractivity (Wildman–Crippen MR) is 170 cm³/mol. The molecule has 4 aromatic rings. The number of methoxy groups -OCH3 is 2. The molecule has 4 heterocycles. The minimum absolute atomic E-state index is 0.00810. The number of halogens is 1. The normalized spacial score (nSPS) is 15.2. The van der Waals surface area contributed by atoms with Gasteiger partial charge >= 0.3 is 0 Å². The summed E-state index contributed by atoms with van der Waals surface area (Å²) >= 11 is 3.30. The minimum Gasteiger partial charge on any atom is -0.497 e. The van der Waals surface area contributed by atoms with Gasteiger partial charge in [0.1, 0.15) is 11.5 Å². The summed E-state index contributed by atoms with van der Waals surface area (Å²) in [5, 5.41) is 3.06. The largest absolute Gasteiger partial charge is 0.497 e. The molecule has 0 unspecified atom stereocenters. The van der Waals surface area contributed by atoms with Gasteiger partial charge in [0.15, 0.2) is 12.6 Å². The number of fused-ring (bicyclic) bond motifs is 2. The Bertz CT molecular complexity index is 1610. The van der Waals surface area contributed by atoms with Gasteiger partial charge in [0, 0.05) is 59.8 Å². The highest BCUT2D eigenvalue weighted by molar-refractivity contribution is 9.09. The van der Waals surface area contributed by atoms with Gasteiger partial charge in [-0.15, -0.1) is 0 Å². The number of hydrogen-bond donors (Lipinski definition) is 1. The lowest BCUT2D eigenvalue weighted by molar-refractivity contribution is -0.0490. The van der Waals surface area contributed by atoms with E-state index in [1.165, 1.54) is 0 Å². The fraction of sp³-hybridized carbons (Fsp3) is 0.438. The van der Waals surface area contributed by atoms with Crippen molar-refractivity contribution < 1.29 is 28.4 Å². The number of ether oxygens (including phenoxy) is 6. The van der Waals surface area contributed by atoms with Gasteiger partial charge in [0.2, 0.25) is 5.56 Å². The van der Waals surface area contributed by atoms with Crippen LogP contribution >= 0.6 is 15.9 Å². The molecule has 1 N–H and O–H groups in total. The van der Waals surface area contributed by atoms with Crippen molar-refractivity contribution >= 4 is 37.7 Å². The van der Waals surface area contributed by atoms with Crippen LogP contribution in [0, 0.1) is 13.8 Å². The van der Waals surface area contributed by atoms with E-state index in [0.29, 0.717) is 26.2 Å². The van der Waals surface area contributed by atoms with Crippen molar-refractivity contribution in [1.29, 1.82) is 0 Å². The number of aromatic nitrogens is 2. The average Bonchev–Trinajstić information content (AvgIpc) is 3.72. The number of benzene rings is 2. The topological polar surface area (TPSA) is 110 Å². The number of nitrogens with zero attached hydrogens (tertiary/aromatic N) is 1. The molecule has 0 radical (unpaired) electrons. The predicted octanol–water partition coefficient (Wildman–Crippen LogP) is 5.07. The van der Waals surface area contributed by atoms with Crippen molar-refractivity contribution in [3.8, 4) is 11.5 Å². The molecule has 232 valence electrons. The number of hydrogen-bond acceptors (Lipinski definition) is 8. The summed E-state index contributed by atoms with van der Waals surface area (Å²) in [7, 11) is 3.23. The summed E-state index contributed by atoms with van der Waals surface area (Å²) in [6.45, 7) is 7.21. The first-order chi connectivity index (χ1) is 20.8. The van der Waals surface area contributed by atoms with Crippen LogP contribution in [-0.2, 0) is 25.5 Å².